The van der Waals surface area contributed by atoms with Gasteiger partial charge in [0.15, 0.2) is 0 Å². The lowest BCUT2D eigenvalue weighted by Crippen LogP contribution is -1.75. The van der Waals surface area contributed by atoms with E-state index in [1.807, 2.05) is 30.6 Å². The van der Waals surface area contributed by atoms with E-state index in [-0.39, 0.29) is 0 Å². The third kappa shape index (κ3) is 2.19. The quantitative estimate of drug-likeness (QED) is 0.566. The van der Waals surface area contributed by atoms with E-state index < -0.39 is 0 Å². The second-order valence-electron chi connectivity index (χ2n) is 4.43. The zero-order chi connectivity index (χ0) is 13.1. The van der Waals surface area contributed by atoms with Gasteiger partial charge in [0, 0.05) is 10.9 Å². The largest absolute Gasteiger partial charge is 0.464 e. The highest BCUT2D eigenvalue weighted by molar-refractivity contribution is 6.09. The van der Waals surface area contributed by atoms with Crippen LogP contribution in [0.1, 0.15) is 12.0 Å². The molecule has 0 aliphatic carbocycles. The molecule has 0 amide bonds. The Balaban J connectivity index is 2.17. The predicted octanol–water partition coefficient (Wildman–Crippen LogP) is 5.38. The minimum absolute atomic E-state index is 0.805. The molecule has 1 heterocycles. The van der Waals surface area contributed by atoms with Crippen LogP contribution in [0.25, 0.3) is 27.8 Å². The molecule has 1 heteroatoms. The van der Waals surface area contributed by atoms with Crippen molar-refractivity contribution < 1.29 is 4.42 Å². The van der Waals surface area contributed by atoms with Crippen molar-refractivity contribution in [3.8, 4) is 0 Å². The van der Waals surface area contributed by atoms with Crippen molar-refractivity contribution in [3.63, 3.8) is 0 Å². The average molecular weight is 247 g/mol. The van der Waals surface area contributed by atoms with Gasteiger partial charge in [-0.2, -0.15) is 0 Å². The van der Waals surface area contributed by atoms with E-state index >= 15 is 0 Å². The molecule has 1 nitrogen and oxygen atoms in total. The molecule has 0 atom stereocenters. The SMILES string of the molecule is [CH2]CC=CC=Cc1coc2ccc3ccccc3c12. The van der Waals surface area contributed by atoms with Crippen LogP contribution in [0.5, 0.6) is 0 Å². The van der Waals surface area contributed by atoms with Crippen molar-refractivity contribution >= 4 is 27.8 Å². The summed E-state index contributed by atoms with van der Waals surface area (Å²) in [6.45, 7) is 3.77. The van der Waals surface area contributed by atoms with Gasteiger partial charge in [0.2, 0.25) is 0 Å². The molecule has 0 saturated carbocycles. The standard InChI is InChI=1S/C18H15O/c1-2-3-4-5-9-15-13-19-17-12-11-14-8-6-7-10-16(14)18(15)17/h3-13H,1-2H2. The highest BCUT2D eigenvalue weighted by Gasteiger charge is 2.06. The van der Waals surface area contributed by atoms with Crippen LogP contribution in [0.4, 0.5) is 0 Å². The number of hydrogen-bond acceptors (Lipinski definition) is 1. The highest BCUT2D eigenvalue weighted by Crippen LogP contribution is 2.30. The minimum Gasteiger partial charge on any atom is -0.464 e. The van der Waals surface area contributed by atoms with E-state index in [1.54, 1.807) is 0 Å². The van der Waals surface area contributed by atoms with Gasteiger partial charge in [-0.1, -0.05) is 54.6 Å². The summed E-state index contributed by atoms with van der Waals surface area (Å²) in [4.78, 5) is 0. The summed E-state index contributed by atoms with van der Waals surface area (Å²) >= 11 is 0. The average Bonchev–Trinajstić information content (AvgIpc) is 2.87. The van der Waals surface area contributed by atoms with Gasteiger partial charge in [0.1, 0.15) is 5.58 Å². The molecule has 3 aromatic rings. The molecule has 0 unspecified atom stereocenters. The Hall–Kier alpha value is -2.28. The number of allylic oxidation sites excluding steroid dienone is 3. The molecule has 0 N–H and O–H groups in total. The second kappa shape index (κ2) is 5.15. The normalized spacial score (nSPS) is 12.3. The summed E-state index contributed by atoms with van der Waals surface area (Å²) in [5, 5.41) is 3.64. The lowest BCUT2D eigenvalue weighted by molar-refractivity contribution is 0.615. The van der Waals surface area contributed by atoms with Crippen LogP contribution < -0.4 is 0 Å². The van der Waals surface area contributed by atoms with Crippen molar-refractivity contribution in [2.45, 2.75) is 6.42 Å². The number of rotatable bonds is 3. The lowest BCUT2D eigenvalue weighted by atomic mass is 10.0. The molecule has 19 heavy (non-hydrogen) atoms. The zero-order valence-electron chi connectivity index (χ0n) is 10.7. The van der Waals surface area contributed by atoms with E-state index in [4.69, 9.17) is 4.42 Å². The number of hydrogen-bond donors (Lipinski definition) is 0. The van der Waals surface area contributed by atoms with Crippen LogP contribution in [-0.2, 0) is 0 Å². The lowest BCUT2D eigenvalue weighted by Gasteiger charge is -1.99. The van der Waals surface area contributed by atoms with Crippen LogP contribution in [0.3, 0.4) is 0 Å². The Labute approximate surface area is 112 Å². The first-order chi connectivity index (χ1) is 9.40. The van der Waals surface area contributed by atoms with E-state index in [1.165, 1.54) is 16.2 Å². The number of furan rings is 1. The van der Waals surface area contributed by atoms with Gasteiger partial charge in [-0.05, 0) is 30.2 Å². The van der Waals surface area contributed by atoms with Crippen molar-refractivity contribution in [1.29, 1.82) is 0 Å². The topological polar surface area (TPSA) is 13.1 Å². The Kier molecular flexibility index (Phi) is 3.20. The minimum atomic E-state index is 0.805. The van der Waals surface area contributed by atoms with E-state index in [2.05, 4.69) is 43.3 Å². The first-order valence-electron chi connectivity index (χ1n) is 6.41. The first kappa shape index (κ1) is 11.8. The summed E-state index contributed by atoms with van der Waals surface area (Å²) in [5.41, 5.74) is 2.04. The van der Waals surface area contributed by atoms with Gasteiger partial charge in [-0.25, -0.2) is 0 Å². The van der Waals surface area contributed by atoms with Gasteiger partial charge < -0.3 is 4.42 Å². The Morgan fingerprint density at radius 2 is 1.95 bits per heavy atom. The first-order valence-corrected chi connectivity index (χ1v) is 6.41. The fourth-order valence-corrected chi connectivity index (χ4v) is 2.29. The molecule has 0 bridgehead atoms. The molecule has 1 aromatic heterocycles. The Bertz CT molecular complexity index is 760. The molecule has 93 valence electrons. The van der Waals surface area contributed by atoms with Crippen molar-refractivity contribution in [2.75, 3.05) is 0 Å². The fraction of sp³-hybridized carbons (Fsp3) is 0.0556. The molecule has 0 aliphatic heterocycles. The van der Waals surface area contributed by atoms with Gasteiger partial charge in [0.25, 0.3) is 0 Å². The smallest absolute Gasteiger partial charge is 0.135 e. The Morgan fingerprint density at radius 3 is 2.84 bits per heavy atom. The van der Waals surface area contributed by atoms with Gasteiger partial charge in [0.05, 0.1) is 6.26 Å². The van der Waals surface area contributed by atoms with Gasteiger partial charge in [-0.15, -0.1) is 0 Å². The van der Waals surface area contributed by atoms with E-state index in [9.17, 15) is 0 Å². The molecule has 1 radical (unpaired) electrons. The van der Waals surface area contributed by atoms with Crippen molar-refractivity contribution in [1.82, 2.24) is 0 Å². The summed E-state index contributed by atoms with van der Waals surface area (Å²) in [6.07, 6.45) is 10.8. The maximum absolute atomic E-state index is 5.63. The van der Waals surface area contributed by atoms with Crippen LogP contribution >= 0.6 is 0 Å². The van der Waals surface area contributed by atoms with E-state index in [0.717, 1.165) is 17.6 Å². The monoisotopic (exact) mass is 247 g/mol. The zero-order valence-corrected chi connectivity index (χ0v) is 10.7. The number of fused-ring (bicyclic) bond motifs is 3. The molecule has 2 aromatic carbocycles. The maximum Gasteiger partial charge on any atom is 0.135 e. The molecule has 0 fully saturated rings. The molecule has 0 spiro atoms. The third-order valence-corrected chi connectivity index (χ3v) is 3.18. The highest BCUT2D eigenvalue weighted by atomic mass is 16.3. The van der Waals surface area contributed by atoms with E-state index in [0.29, 0.717) is 0 Å². The fourth-order valence-electron chi connectivity index (χ4n) is 2.29. The van der Waals surface area contributed by atoms with Crippen LogP contribution in [0, 0.1) is 6.92 Å². The number of benzene rings is 2. The van der Waals surface area contributed by atoms with Crippen LogP contribution in [0.2, 0.25) is 0 Å². The molecular formula is C18H15O. The van der Waals surface area contributed by atoms with Gasteiger partial charge in [-0.3, -0.25) is 0 Å². The van der Waals surface area contributed by atoms with Crippen molar-refractivity contribution in [2.24, 2.45) is 0 Å². The molecule has 0 saturated heterocycles. The second-order valence-corrected chi connectivity index (χ2v) is 4.43. The summed E-state index contributed by atoms with van der Waals surface area (Å²) in [7, 11) is 0. The van der Waals surface area contributed by atoms with Crippen molar-refractivity contribution in [3.05, 3.63) is 73.4 Å². The van der Waals surface area contributed by atoms with Crippen LogP contribution in [0.15, 0.2) is 65.3 Å². The summed E-state index contributed by atoms with van der Waals surface area (Å²) < 4.78 is 5.63. The molecular weight excluding hydrogens is 232 g/mol. The third-order valence-electron chi connectivity index (χ3n) is 3.18. The predicted molar refractivity (Wildman–Crippen MR) is 81.9 cm³/mol. The molecule has 3 rings (SSSR count). The van der Waals surface area contributed by atoms with Crippen LogP contribution in [-0.4, -0.2) is 0 Å². The summed E-state index contributed by atoms with van der Waals surface area (Å²) in [5.74, 6) is 0. The molecule has 0 aliphatic rings. The van der Waals surface area contributed by atoms with Gasteiger partial charge >= 0.3 is 0 Å². The Morgan fingerprint density at radius 1 is 1.05 bits per heavy atom. The summed E-state index contributed by atoms with van der Waals surface area (Å²) in [6, 6.07) is 12.5. The maximum atomic E-state index is 5.63.